The third-order valence-corrected chi connectivity index (χ3v) is 5.52. The Balaban J connectivity index is 1.54. The fourth-order valence-corrected chi connectivity index (χ4v) is 4.05. The number of aryl methyl sites for hydroxylation is 1. The summed E-state index contributed by atoms with van der Waals surface area (Å²) in [6.07, 6.45) is 4.00. The predicted molar refractivity (Wildman–Crippen MR) is 117 cm³/mol. The van der Waals surface area contributed by atoms with Gasteiger partial charge in [-0.1, -0.05) is 11.6 Å². The molecule has 0 atom stereocenters. The lowest BCUT2D eigenvalue weighted by molar-refractivity contribution is 0.356. The maximum atomic E-state index is 14.5. The number of rotatable bonds is 6. The topological polar surface area (TPSA) is 85.7 Å². The monoisotopic (exact) mass is 432 g/mol. The van der Waals surface area contributed by atoms with E-state index in [2.05, 4.69) is 30.5 Å². The number of aromatic nitrogens is 5. The van der Waals surface area contributed by atoms with E-state index in [0.29, 0.717) is 36.7 Å². The molecule has 0 aliphatic carbocycles. The number of nitrogens with one attached hydrogen (secondary N) is 2. The molecule has 9 nitrogen and oxygen atoms in total. The van der Waals surface area contributed by atoms with Crippen LogP contribution in [0.3, 0.4) is 0 Å². The number of benzene rings is 1. The first kappa shape index (κ1) is 20.0. The van der Waals surface area contributed by atoms with Crippen LogP contribution in [0.15, 0.2) is 30.6 Å². The number of anilines is 1. The molecule has 4 heterocycles. The summed E-state index contributed by atoms with van der Waals surface area (Å²) >= 11 is 0. The molecule has 0 unspecified atom stereocenters. The minimum atomic E-state index is -0.283. The van der Waals surface area contributed by atoms with Crippen molar-refractivity contribution >= 4 is 17.4 Å². The van der Waals surface area contributed by atoms with Gasteiger partial charge in [-0.15, -0.1) is 0 Å². The van der Waals surface area contributed by atoms with Crippen LogP contribution >= 0.6 is 0 Å². The molecule has 0 fully saturated rings. The molecular formula is C22H21FN8O. The number of ether oxygens (including phenoxy) is 1. The van der Waals surface area contributed by atoms with Crippen LogP contribution in [-0.4, -0.2) is 37.8 Å². The third kappa shape index (κ3) is 3.33. The lowest BCUT2D eigenvalue weighted by Crippen LogP contribution is -2.10. The lowest BCUT2D eigenvalue weighted by atomic mass is 10.0. The Morgan fingerprint density at radius 1 is 1.31 bits per heavy atom. The molecule has 4 aromatic rings. The summed E-state index contributed by atoms with van der Waals surface area (Å²) in [7, 11) is 3.72. The van der Waals surface area contributed by atoms with E-state index in [9.17, 15) is 4.39 Å². The summed E-state index contributed by atoms with van der Waals surface area (Å²) in [6.45, 7) is 8.82. The average Bonchev–Trinajstić information content (AvgIpc) is 3.51. The first-order chi connectivity index (χ1) is 15.6. The maximum Gasteiger partial charge on any atom is 0.288 e. The molecule has 0 saturated carbocycles. The van der Waals surface area contributed by atoms with Crippen molar-refractivity contribution < 1.29 is 9.13 Å². The van der Waals surface area contributed by atoms with Crippen molar-refractivity contribution in [1.82, 2.24) is 29.5 Å². The smallest absolute Gasteiger partial charge is 0.288 e. The zero-order valence-corrected chi connectivity index (χ0v) is 17.7. The Labute approximate surface area is 183 Å². The van der Waals surface area contributed by atoms with Crippen LogP contribution in [-0.2, 0) is 26.6 Å². The Hall–Kier alpha value is -3.97. The molecule has 1 aliphatic heterocycles. The van der Waals surface area contributed by atoms with E-state index >= 15 is 0 Å². The number of hydrogen-bond acceptors (Lipinski definition) is 6. The van der Waals surface area contributed by atoms with E-state index in [1.807, 2.05) is 20.2 Å². The zero-order chi connectivity index (χ0) is 22.2. The zero-order valence-electron chi connectivity index (χ0n) is 17.7. The van der Waals surface area contributed by atoms with Crippen molar-refractivity contribution in [2.75, 3.05) is 19.0 Å². The molecule has 0 saturated heterocycles. The highest BCUT2D eigenvalue weighted by Gasteiger charge is 2.22. The fourth-order valence-electron chi connectivity index (χ4n) is 4.05. The molecule has 1 aliphatic rings. The van der Waals surface area contributed by atoms with Crippen LogP contribution in [0, 0.1) is 12.4 Å². The van der Waals surface area contributed by atoms with Crippen LogP contribution in [0.4, 0.5) is 16.2 Å². The molecule has 0 spiro atoms. The predicted octanol–water partition coefficient (Wildman–Crippen LogP) is 3.09. The summed E-state index contributed by atoms with van der Waals surface area (Å²) in [5.74, 6) is 1.16. The van der Waals surface area contributed by atoms with Crippen LogP contribution < -0.4 is 15.4 Å². The molecule has 2 N–H and O–H groups in total. The molecule has 0 amide bonds. The Kier molecular flexibility index (Phi) is 4.95. The Bertz CT molecular complexity index is 1370. The highest BCUT2D eigenvalue weighted by atomic mass is 19.1. The summed E-state index contributed by atoms with van der Waals surface area (Å²) in [5, 5.41) is 10.8. The van der Waals surface area contributed by atoms with Gasteiger partial charge in [0, 0.05) is 50.1 Å². The number of imidazole rings is 1. The minimum Gasteiger partial charge on any atom is -0.493 e. The standard InChI is InChI=1S/C22H21FN8O/c1-24-9-13-8-18(30(3)29-13)16-11-27-22(31-12-20(25-2)28-21(16)31)26-10-15-14-6-7-32-19(14)5-4-17(15)23/h4-5,8,11-12,24H,6-7,9-10H2,1,3H3,(H,26,27). The van der Waals surface area contributed by atoms with Gasteiger partial charge >= 0.3 is 0 Å². The SMILES string of the molecule is [C-]#[N+]c1cn2c(NCc3c(F)ccc4c3CCO4)ncc(-c3cc(CNC)nn3C)c2n1. The van der Waals surface area contributed by atoms with Crippen molar-refractivity contribution in [3.8, 4) is 17.0 Å². The van der Waals surface area contributed by atoms with Crippen molar-refractivity contribution in [3.05, 3.63) is 64.6 Å². The molecule has 1 aromatic carbocycles. The Morgan fingerprint density at radius 2 is 2.19 bits per heavy atom. The lowest BCUT2D eigenvalue weighted by Gasteiger charge is -2.12. The largest absolute Gasteiger partial charge is 0.493 e. The van der Waals surface area contributed by atoms with Crippen LogP contribution in [0.1, 0.15) is 16.8 Å². The van der Waals surface area contributed by atoms with Gasteiger partial charge in [0.25, 0.3) is 5.82 Å². The van der Waals surface area contributed by atoms with Gasteiger partial charge in [-0.2, -0.15) is 5.10 Å². The van der Waals surface area contributed by atoms with Crippen molar-refractivity contribution in [2.45, 2.75) is 19.5 Å². The summed E-state index contributed by atoms with van der Waals surface area (Å²) in [5.41, 5.74) is 4.50. The summed E-state index contributed by atoms with van der Waals surface area (Å²) < 4.78 is 23.6. The molecule has 162 valence electrons. The average molecular weight is 432 g/mol. The van der Waals surface area contributed by atoms with E-state index in [4.69, 9.17) is 11.3 Å². The van der Waals surface area contributed by atoms with E-state index < -0.39 is 0 Å². The van der Waals surface area contributed by atoms with Gasteiger partial charge in [0.05, 0.1) is 23.6 Å². The number of nitrogens with zero attached hydrogens (tertiary/aromatic N) is 6. The maximum absolute atomic E-state index is 14.5. The Morgan fingerprint density at radius 3 is 3.00 bits per heavy atom. The van der Waals surface area contributed by atoms with Crippen LogP contribution in [0.25, 0.3) is 21.7 Å². The van der Waals surface area contributed by atoms with E-state index in [1.165, 1.54) is 6.07 Å². The molecule has 32 heavy (non-hydrogen) atoms. The first-order valence-corrected chi connectivity index (χ1v) is 10.2. The van der Waals surface area contributed by atoms with Crippen molar-refractivity contribution in [2.24, 2.45) is 7.05 Å². The van der Waals surface area contributed by atoms with Gasteiger partial charge in [0.2, 0.25) is 11.6 Å². The van der Waals surface area contributed by atoms with E-state index in [-0.39, 0.29) is 18.2 Å². The fraction of sp³-hybridized carbons (Fsp3) is 0.273. The van der Waals surface area contributed by atoms with Gasteiger partial charge < -0.3 is 20.2 Å². The second kappa shape index (κ2) is 7.94. The van der Waals surface area contributed by atoms with Gasteiger partial charge in [0.15, 0.2) is 0 Å². The first-order valence-electron chi connectivity index (χ1n) is 10.2. The number of fused-ring (bicyclic) bond motifs is 2. The highest BCUT2D eigenvalue weighted by molar-refractivity contribution is 5.77. The molecule has 5 rings (SSSR count). The van der Waals surface area contributed by atoms with E-state index in [1.54, 1.807) is 27.5 Å². The molecule has 0 bridgehead atoms. The van der Waals surface area contributed by atoms with Gasteiger partial charge in [-0.25, -0.2) is 9.37 Å². The molecular weight excluding hydrogens is 411 g/mol. The summed E-state index contributed by atoms with van der Waals surface area (Å²) in [4.78, 5) is 12.5. The number of halogens is 1. The minimum absolute atomic E-state index is 0.239. The second-order valence-corrected chi connectivity index (χ2v) is 7.53. The van der Waals surface area contributed by atoms with Crippen molar-refractivity contribution in [3.63, 3.8) is 0 Å². The quantitative estimate of drug-likeness (QED) is 0.456. The van der Waals surface area contributed by atoms with Gasteiger partial charge in [-0.3, -0.25) is 9.08 Å². The van der Waals surface area contributed by atoms with Crippen molar-refractivity contribution in [1.29, 1.82) is 0 Å². The molecule has 0 radical (unpaired) electrons. The van der Waals surface area contributed by atoms with Crippen LogP contribution in [0.5, 0.6) is 5.75 Å². The van der Waals surface area contributed by atoms with E-state index in [0.717, 1.165) is 28.3 Å². The highest BCUT2D eigenvalue weighted by Crippen LogP contribution is 2.32. The molecule has 10 heteroatoms. The summed E-state index contributed by atoms with van der Waals surface area (Å²) in [6, 6.07) is 5.06. The van der Waals surface area contributed by atoms with Gasteiger partial charge in [-0.05, 0) is 25.2 Å². The second-order valence-electron chi connectivity index (χ2n) is 7.53. The third-order valence-electron chi connectivity index (χ3n) is 5.52. The number of hydrogen-bond donors (Lipinski definition) is 2. The molecule has 3 aromatic heterocycles. The van der Waals surface area contributed by atoms with Crippen LogP contribution in [0.2, 0.25) is 0 Å². The van der Waals surface area contributed by atoms with Gasteiger partial charge in [0.1, 0.15) is 11.6 Å². The normalized spacial score (nSPS) is 12.6.